The van der Waals surface area contributed by atoms with Crippen LogP contribution in [-0.4, -0.2) is 51.0 Å². The third kappa shape index (κ3) is 6.25. The fourth-order valence-electron chi connectivity index (χ4n) is 3.60. The number of hydrogen-bond acceptors (Lipinski definition) is 6. The van der Waals surface area contributed by atoms with Crippen molar-refractivity contribution in [3.8, 4) is 22.6 Å². The largest absolute Gasteiger partial charge is 0.309 e. The van der Waals surface area contributed by atoms with Gasteiger partial charge >= 0.3 is 0 Å². The van der Waals surface area contributed by atoms with Gasteiger partial charge < -0.3 is 4.90 Å². The summed E-state index contributed by atoms with van der Waals surface area (Å²) in [6.45, 7) is 5.70. The molecule has 0 radical (unpaired) electrons. The molecule has 0 aliphatic rings. The first-order valence-corrected chi connectivity index (χ1v) is 12.4. The zero-order valence-corrected chi connectivity index (χ0v) is 20.9. The average molecular weight is 500 g/mol. The molecule has 2 aromatic carbocycles. The molecular formula is C28H28N6OS. The Balaban J connectivity index is 1.65. The van der Waals surface area contributed by atoms with E-state index in [-0.39, 0.29) is 0 Å². The Bertz CT molecular complexity index is 1530. The first kappa shape index (κ1) is 21.5. The Labute approximate surface area is 219 Å². The Kier molecular flexibility index (Phi) is 7.01. The Morgan fingerprint density at radius 3 is 2.61 bits per heavy atom. The van der Waals surface area contributed by atoms with Gasteiger partial charge in [-0.1, -0.05) is 36.4 Å². The van der Waals surface area contributed by atoms with Crippen LogP contribution in [0.3, 0.4) is 0 Å². The molecule has 0 aliphatic heterocycles. The number of benzene rings is 2. The molecule has 1 unspecified atom stereocenters. The van der Waals surface area contributed by atoms with Crippen LogP contribution in [-0.2, 0) is 0 Å². The maximum atomic E-state index is 12.9. The van der Waals surface area contributed by atoms with Crippen molar-refractivity contribution >= 4 is 17.4 Å². The molecule has 0 spiro atoms. The highest BCUT2D eigenvalue weighted by molar-refractivity contribution is 7.99. The summed E-state index contributed by atoms with van der Waals surface area (Å²) in [6.07, 6.45) is 4.59. The number of rotatable bonds is 9. The van der Waals surface area contributed by atoms with E-state index in [0.29, 0.717) is 33.9 Å². The first-order chi connectivity index (χ1) is 18.7. The van der Waals surface area contributed by atoms with Crippen molar-refractivity contribution in [2.24, 2.45) is 0 Å². The van der Waals surface area contributed by atoms with E-state index in [2.05, 4.69) is 24.8 Å². The highest BCUT2D eigenvalue weighted by Crippen LogP contribution is 2.25. The fraction of sp³-hybridized carbons (Fsp3) is 0.250. The molecule has 0 fully saturated rings. The van der Waals surface area contributed by atoms with Gasteiger partial charge in [-0.3, -0.25) is 4.79 Å². The lowest BCUT2D eigenvalue weighted by atomic mass is 10.0. The van der Waals surface area contributed by atoms with E-state index in [1.165, 1.54) is 12.1 Å². The van der Waals surface area contributed by atoms with Crippen molar-refractivity contribution in [3.05, 3.63) is 100 Å². The van der Waals surface area contributed by atoms with E-state index in [1.807, 2.05) is 20.2 Å². The van der Waals surface area contributed by atoms with Crippen molar-refractivity contribution in [2.75, 3.05) is 26.4 Å². The third-order valence-electron chi connectivity index (χ3n) is 5.45. The van der Waals surface area contributed by atoms with Gasteiger partial charge in [-0.15, -0.1) is 11.8 Å². The van der Waals surface area contributed by atoms with Gasteiger partial charge in [0.15, 0.2) is 11.5 Å². The summed E-state index contributed by atoms with van der Waals surface area (Å²) >= 11 is 1.69. The van der Waals surface area contributed by atoms with Crippen LogP contribution in [0.15, 0.2) is 82.7 Å². The standard InChI is InChI=1S/C28H28N6OS/c1-20(34-27(35)13-12-26(32-34)22-9-6-11-24(17-22)29-2)21-8-5-10-23(16-21)28-30-18-25(19-31-28)36-15-7-14-33(3)4/h5-6,8-13,16-20H,7,14-15H2,1,3-4H3/i1D3. The molecule has 0 saturated carbocycles. The van der Waals surface area contributed by atoms with Crippen LogP contribution in [0, 0.1) is 6.57 Å². The molecule has 1 atom stereocenters. The minimum absolute atomic E-state index is 0.389. The third-order valence-corrected chi connectivity index (χ3v) is 6.48. The van der Waals surface area contributed by atoms with Gasteiger partial charge in [0.05, 0.1) is 18.3 Å². The highest BCUT2D eigenvalue weighted by Gasteiger charge is 2.14. The van der Waals surface area contributed by atoms with Crippen molar-refractivity contribution in [1.29, 1.82) is 0 Å². The SMILES string of the molecule is [2H]C([2H])([2H])C(c1cccc(-c2ncc(SCCCN(C)C)cn2)c1)n1nc(-c2cccc([N+]#[C-])c2)ccc1=O. The summed E-state index contributed by atoms with van der Waals surface area (Å²) < 4.78 is 25.8. The maximum absolute atomic E-state index is 12.9. The number of hydrogen-bond donors (Lipinski definition) is 0. The molecular weight excluding hydrogens is 468 g/mol. The summed E-state index contributed by atoms with van der Waals surface area (Å²) in [6, 6.07) is 15.2. The minimum Gasteiger partial charge on any atom is -0.309 e. The minimum atomic E-state index is -2.57. The van der Waals surface area contributed by atoms with E-state index in [9.17, 15) is 4.79 Å². The summed E-state index contributed by atoms with van der Waals surface area (Å²) in [7, 11) is 4.10. The smallest absolute Gasteiger partial charge is 0.267 e. The van der Waals surface area contributed by atoms with Crippen molar-refractivity contribution in [3.63, 3.8) is 0 Å². The topological polar surface area (TPSA) is 68.3 Å². The fourth-order valence-corrected chi connectivity index (χ4v) is 4.36. The summed E-state index contributed by atoms with van der Waals surface area (Å²) in [5.41, 5.74) is 1.92. The van der Waals surface area contributed by atoms with Crippen LogP contribution in [0.4, 0.5) is 5.69 Å². The quantitative estimate of drug-likeness (QED) is 0.170. The van der Waals surface area contributed by atoms with E-state index >= 15 is 0 Å². The van der Waals surface area contributed by atoms with E-state index in [1.54, 1.807) is 66.6 Å². The van der Waals surface area contributed by atoms with Crippen molar-refractivity contribution < 1.29 is 4.11 Å². The Morgan fingerprint density at radius 1 is 1.08 bits per heavy atom. The second-order valence-corrected chi connectivity index (χ2v) is 9.61. The average Bonchev–Trinajstić information content (AvgIpc) is 2.92. The molecule has 7 nitrogen and oxygen atoms in total. The molecule has 0 bridgehead atoms. The molecule has 2 heterocycles. The van der Waals surface area contributed by atoms with Crippen LogP contribution in [0.1, 0.15) is 29.0 Å². The lowest BCUT2D eigenvalue weighted by Gasteiger charge is -2.16. The summed E-state index contributed by atoms with van der Waals surface area (Å²) in [5.74, 6) is 1.42. The maximum Gasteiger partial charge on any atom is 0.267 e. The first-order valence-electron chi connectivity index (χ1n) is 12.9. The van der Waals surface area contributed by atoms with Gasteiger partial charge in [-0.05, 0) is 69.0 Å². The Hall–Kier alpha value is -3.80. The predicted molar refractivity (Wildman–Crippen MR) is 145 cm³/mol. The zero-order valence-electron chi connectivity index (χ0n) is 23.1. The monoisotopic (exact) mass is 499 g/mol. The summed E-state index contributed by atoms with van der Waals surface area (Å²) in [5, 5.41) is 4.43. The van der Waals surface area contributed by atoms with E-state index in [0.717, 1.165) is 28.3 Å². The van der Waals surface area contributed by atoms with Crippen LogP contribution in [0.2, 0.25) is 0 Å². The molecule has 0 aliphatic carbocycles. The number of thioether (sulfide) groups is 1. The number of aromatic nitrogens is 4. The molecule has 4 aromatic rings. The molecule has 4 rings (SSSR count). The zero-order chi connectivity index (χ0) is 28.0. The van der Waals surface area contributed by atoms with Crippen LogP contribution >= 0.6 is 11.8 Å². The normalized spacial score (nSPS) is 13.4. The van der Waals surface area contributed by atoms with Crippen LogP contribution < -0.4 is 5.56 Å². The molecule has 0 amide bonds. The van der Waals surface area contributed by atoms with Crippen molar-refractivity contribution in [1.82, 2.24) is 24.6 Å². The van der Waals surface area contributed by atoms with Gasteiger partial charge in [0.25, 0.3) is 5.56 Å². The lowest BCUT2D eigenvalue weighted by molar-refractivity contribution is 0.410. The van der Waals surface area contributed by atoms with Crippen LogP contribution in [0.25, 0.3) is 27.5 Å². The molecule has 36 heavy (non-hydrogen) atoms. The van der Waals surface area contributed by atoms with Gasteiger partial charge in [0.2, 0.25) is 0 Å². The van der Waals surface area contributed by atoms with E-state index in [4.69, 9.17) is 10.7 Å². The van der Waals surface area contributed by atoms with Crippen LogP contribution in [0.5, 0.6) is 0 Å². The van der Waals surface area contributed by atoms with Gasteiger partial charge in [-0.2, -0.15) is 5.10 Å². The lowest BCUT2D eigenvalue weighted by Crippen LogP contribution is -2.26. The van der Waals surface area contributed by atoms with Crippen molar-refractivity contribution in [2.45, 2.75) is 24.2 Å². The highest BCUT2D eigenvalue weighted by atomic mass is 32.2. The second kappa shape index (κ2) is 11.8. The van der Waals surface area contributed by atoms with E-state index < -0.39 is 18.5 Å². The van der Waals surface area contributed by atoms with Gasteiger partial charge in [-0.25, -0.2) is 19.5 Å². The molecule has 0 N–H and O–H groups in total. The molecule has 182 valence electrons. The molecule has 8 heteroatoms. The predicted octanol–water partition coefficient (Wildman–Crippen LogP) is 5.57. The van der Waals surface area contributed by atoms with Gasteiger partial charge in [0.1, 0.15) is 0 Å². The number of nitrogens with zero attached hydrogens (tertiary/aromatic N) is 6. The molecule has 2 aromatic heterocycles. The second-order valence-electron chi connectivity index (χ2n) is 8.44. The Morgan fingerprint density at radius 2 is 1.86 bits per heavy atom. The summed E-state index contributed by atoms with van der Waals surface area (Å²) in [4.78, 5) is 28.4. The van der Waals surface area contributed by atoms with Gasteiger partial charge in [0, 0.05) is 33.0 Å². The molecule has 0 saturated heterocycles.